The van der Waals surface area contributed by atoms with Crippen molar-refractivity contribution >= 4 is 35.0 Å². The second kappa shape index (κ2) is 11.8. The molecule has 17 nitrogen and oxygen atoms in total. The molecule has 0 aliphatic heterocycles. The quantitative estimate of drug-likeness (QED) is 0.103. The third-order valence-electron chi connectivity index (χ3n) is 2.64. The molecule has 0 saturated heterocycles. The zero-order valence-corrected chi connectivity index (χ0v) is 16.8. The standard InChI is InChI=1S/C9H19O17P3/c10-1-5(11)2-23-8(6(12)3-24-27(14,15)16)9(26-29(20,21)22)7(13)4-25-28(17,18)19/h7-10,13H,1-4H2,(H2,14,15,16)(H2,17,18,19)(H2,20,21,22)/t7-,8-,9-/m1/s1. The summed E-state index contributed by atoms with van der Waals surface area (Å²) in [5, 5.41) is 18.6. The summed E-state index contributed by atoms with van der Waals surface area (Å²) in [6.45, 7) is -4.98. The van der Waals surface area contributed by atoms with Crippen molar-refractivity contribution in [2.75, 3.05) is 26.4 Å². The number of phosphoric acid groups is 3. The minimum atomic E-state index is -5.51. The Hall–Kier alpha value is -0.450. The molecule has 0 aliphatic carbocycles. The molecule has 0 aromatic heterocycles. The summed E-state index contributed by atoms with van der Waals surface area (Å²) in [6, 6.07) is 0. The fourth-order valence-electron chi connectivity index (χ4n) is 1.58. The van der Waals surface area contributed by atoms with Gasteiger partial charge in [0.15, 0.2) is 11.6 Å². The van der Waals surface area contributed by atoms with Gasteiger partial charge in [0.2, 0.25) is 0 Å². The Morgan fingerprint density at radius 2 is 1.34 bits per heavy atom. The van der Waals surface area contributed by atoms with E-state index in [0.717, 1.165) is 0 Å². The van der Waals surface area contributed by atoms with Crippen molar-refractivity contribution in [3.63, 3.8) is 0 Å². The fourth-order valence-corrected chi connectivity index (χ4v) is 2.79. The van der Waals surface area contributed by atoms with Crippen LogP contribution < -0.4 is 0 Å². The van der Waals surface area contributed by atoms with E-state index in [2.05, 4.69) is 13.6 Å². The van der Waals surface area contributed by atoms with Crippen LogP contribution in [0.5, 0.6) is 0 Å². The summed E-state index contributed by atoms with van der Waals surface area (Å²) in [5.74, 6) is -2.57. The molecule has 0 bridgehead atoms. The summed E-state index contributed by atoms with van der Waals surface area (Å²) in [4.78, 5) is 75.6. The molecule has 20 heteroatoms. The van der Waals surface area contributed by atoms with E-state index in [9.17, 15) is 28.4 Å². The summed E-state index contributed by atoms with van der Waals surface area (Å²) in [7, 11) is -15.9. The van der Waals surface area contributed by atoms with Crippen LogP contribution in [0.25, 0.3) is 0 Å². The van der Waals surface area contributed by atoms with Crippen molar-refractivity contribution in [2.24, 2.45) is 0 Å². The molecule has 0 unspecified atom stereocenters. The summed E-state index contributed by atoms with van der Waals surface area (Å²) in [6.07, 6.45) is -7.19. The molecule has 0 saturated carbocycles. The van der Waals surface area contributed by atoms with Gasteiger partial charge in [-0.25, -0.2) is 13.7 Å². The Kier molecular flexibility index (Phi) is 11.6. The Bertz CT molecular complexity index is 688. The third-order valence-corrected chi connectivity index (χ3v) is 4.11. The van der Waals surface area contributed by atoms with Crippen LogP contribution >= 0.6 is 23.5 Å². The monoisotopic (exact) mass is 492 g/mol. The number of aliphatic hydroxyl groups excluding tert-OH is 2. The van der Waals surface area contributed by atoms with E-state index < -0.39 is 79.8 Å². The second-order valence-corrected chi connectivity index (χ2v) is 8.74. The Balaban J connectivity index is 5.72. The van der Waals surface area contributed by atoms with E-state index in [4.69, 9.17) is 39.2 Å². The summed E-state index contributed by atoms with van der Waals surface area (Å²) >= 11 is 0. The predicted molar refractivity (Wildman–Crippen MR) is 85.8 cm³/mol. The van der Waals surface area contributed by atoms with Crippen molar-refractivity contribution < 1.29 is 81.2 Å². The lowest BCUT2D eigenvalue weighted by Gasteiger charge is -2.29. The lowest BCUT2D eigenvalue weighted by Crippen LogP contribution is -2.48. The topological polar surface area (TPSA) is 284 Å². The number of rotatable bonds is 15. The SMILES string of the molecule is O=C(CO)CO[C@H](C(=O)COP(=O)(O)O)[C@H](OP(=O)(O)O)[C@H](O)COP(=O)(O)O. The van der Waals surface area contributed by atoms with E-state index in [1.807, 2.05) is 0 Å². The fraction of sp³-hybridized carbons (Fsp3) is 0.778. The molecule has 0 aromatic rings. The smallest absolute Gasteiger partial charge is 0.388 e. The van der Waals surface area contributed by atoms with E-state index in [1.165, 1.54) is 0 Å². The first kappa shape index (κ1) is 28.5. The Morgan fingerprint density at radius 1 is 0.828 bits per heavy atom. The molecule has 0 fully saturated rings. The average molecular weight is 492 g/mol. The number of ether oxygens (including phenoxy) is 1. The van der Waals surface area contributed by atoms with Gasteiger partial charge < -0.3 is 44.3 Å². The van der Waals surface area contributed by atoms with Gasteiger partial charge in [-0.05, 0) is 0 Å². The molecule has 0 aromatic carbocycles. The molecule has 0 amide bonds. The molecule has 8 N–H and O–H groups in total. The molecule has 29 heavy (non-hydrogen) atoms. The highest BCUT2D eigenvalue weighted by molar-refractivity contribution is 7.46. The highest BCUT2D eigenvalue weighted by Gasteiger charge is 2.41. The van der Waals surface area contributed by atoms with Crippen molar-refractivity contribution in [1.82, 2.24) is 0 Å². The second-order valence-electron chi connectivity index (χ2n) is 5.07. The number of hydrogen-bond acceptors (Lipinski definition) is 11. The molecular weight excluding hydrogens is 473 g/mol. The van der Waals surface area contributed by atoms with Crippen LogP contribution in [0, 0.1) is 0 Å². The van der Waals surface area contributed by atoms with Crippen LogP contribution in [0.1, 0.15) is 0 Å². The van der Waals surface area contributed by atoms with Crippen LogP contribution in [-0.4, -0.2) is 95.9 Å². The van der Waals surface area contributed by atoms with E-state index >= 15 is 0 Å². The first-order chi connectivity index (χ1) is 12.9. The van der Waals surface area contributed by atoms with E-state index in [-0.39, 0.29) is 0 Å². The van der Waals surface area contributed by atoms with Crippen LogP contribution in [0.3, 0.4) is 0 Å². The van der Waals surface area contributed by atoms with Gasteiger partial charge in [-0.2, -0.15) is 0 Å². The minimum absolute atomic E-state index is 1.06. The van der Waals surface area contributed by atoms with E-state index in [0.29, 0.717) is 0 Å². The molecule has 0 aliphatic rings. The van der Waals surface area contributed by atoms with Gasteiger partial charge in [-0.3, -0.25) is 23.2 Å². The van der Waals surface area contributed by atoms with Crippen molar-refractivity contribution in [2.45, 2.75) is 18.3 Å². The highest BCUT2D eigenvalue weighted by atomic mass is 31.2. The third kappa shape index (κ3) is 14.2. The predicted octanol–water partition coefficient (Wildman–Crippen LogP) is -3.44. The maximum atomic E-state index is 12.1. The zero-order chi connectivity index (χ0) is 23.0. The van der Waals surface area contributed by atoms with Crippen molar-refractivity contribution in [3.8, 4) is 0 Å². The van der Waals surface area contributed by atoms with Crippen LogP contribution in [0.4, 0.5) is 0 Å². The number of hydrogen-bond donors (Lipinski definition) is 8. The summed E-state index contributed by atoms with van der Waals surface area (Å²) < 4.78 is 49.2. The number of ketones is 2. The van der Waals surface area contributed by atoms with Gasteiger partial charge >= 0.3 is 23.5 Å². The van der Waals surface area contributed by atoms with E-state index in [1.54, 1.807) is 0 Å². The molecule has 0 spiro atoms. The molecule has 0 heterocycles. The van der Waals surface area contributed by atoms with Gasteiger partial charge in [0, 0.05) is 0 Å². The molecule has 3 atom stereocenters. The van der Waals surface area contributed by atoms with Gasteiger partial charge in [0.1, 0.15) is 38.1 Å². The number of carbonyl (C=O) groups excluding carboxylic acids is 2. The number of phosphoric ester groups is 3. The lowest BCUT2D eigenvalue weighted by atomic mass is 10.0. The molecule has 0 rings (SSSR count). The van der Waals surface area contributed by atoms with Crippen LogP contribution in [-0.2, 0) is 41.6 Å². The molecule has 0 radical (unpaired) electrons. The summed E-state index contributed by atoms with van der Waals surface area (Å²) in [5.41, 5.74) is 0. The Labute approximate surface area is 161 Å². The highest BCUT2D eigenvalue weighted by Crippen LogP contribution is 2.41. The van der Waals surface area contributed by atoms with Crippen LogP contribution in [0.15, 0.2) is 0 Å². The molecular formula is C9H19O17P3. The van der Waals surface area contributed by atoms with Crippen molar-refractivity contribution in [3.05, 3.63) is 0 Å². The Morgan fingerprint density at radius 3 is 1.76 bits per heavy atom. The largest absolute Gasteiger partial charge is 0.470 e. The number of carbonyl (C=O) groups is 2. The maximum Gasteiger partial charge on any atom is 0.470 e. The lowest BCUT2D eigenvalue weighted by molar-refractivity contribution is -0.152. The van der Waals surface area contributed by atoms with Crippen LogP contribution in [0.2, 0.25) is 0 Å². The van der Waals surface area contributed by atoms with Gasteiger partial charge in [-0.15, -0.1) is 0 Å². The van der Waals surface area contributed by atoms with Gasteiger partial charge in [-0.1, -0.05) is 0 Å². The number of aliphatic hydroxyl groups is 2. The van der Waals surface area contributed by atoms with Crippen molar-refractivity contribution in [1.29, 1.82) is 0 Å². The normalized spacial score (nSPS) is 16.3. The first-order valence-electron chi connectivity index (χ1n) is 7.04. The van der Waals surface area contributed by atoms with Gasteiger partial charge in [0.25, 0.3) is 0 Å². The molecule has 172 valence electrons. The maximum absolute atomic E-state index is 12.1. The average Bonchev–Trinajstić information content (AvgIpc) is 2.54. The minimum Gasteiger partial charge on any atom is -0.388 e. The van der Waals surface area contributed by atoms with Gasteiger partial charge in [0.05, 0.1) is 6.61 Å². The zero-order valence-electron chi connectivity index (χ0n) is 14.2. The number of Topliss-reactive ketones (excluding diaryl/α,β-unsaturated/α-hetero) is 2. The first-order valence-corrected chi connectivity index (χ1v) is 11.6.